The Morgan fingerprint density at radius 1 is 1.08 bits per heavy atom. The van der Waals surface area contributed by atoms with Gasteiger partial charge in [-0.05, 0) is 47.2 Å². The van der Waals surface area contributed by atoms with E-state index < -0.39 is 35.7 Å². The molecule has 0 bridgehead atoms. The van der Waals surface area contributed by atoms with Crippen LogP contribution in [0.15, 0.2) is 30.3 Å². The highest BCUT2D eigenvalue weighted by Crippen LogP contribution is 2.20. The van der Waals surface area contributed by atoms with Gasteiger partial charge in [0.15, 0.2) is 0 Å². The van der Waals surface area contributed by atoms with Crippen LogP contribution in [0.1, 0.15) is 40.2 Å². The van der Waals surface area contributed by atoms with E-state index in [1.54, 1.807) is 34.7 Å². The fraction of sp³-hybridized carbons (Fsp3) is 0.526. The Bertz CT molecular complexity index is 625. The monoisotopic (exact) mass is 364 g/mol. The molecule has 0 aliphatic carbocycles. The second kappa shape index (κ2) is 9.33. The second-order valence-corrected chi connectivity index (χ2v) is 7.01. The quantitative estimate of drug-likeness (QED) is 0.617. The van der Waals surface area contributed by atoms with Crippen LogP contribution in [0, 0.1) is 0 Å². The Hall–Kier alpha value is -2.41. The summed E-state index contributed by atoms with van der Waals surface area (Å²) in [6.07, 6.45) is -0.653. The first-order valence-corrected chi connectivity index (χ1v) is 8.50. The third-order valence-electron chi connectivity index (χ3n) is 3.84. The van der Waals surface area contributed by atoms with E-state index in [0.29, 0.717) is 0 Å². The number of nitrogens with zero attached hydrogens (tertiary/aromatic N) is 1. The van der Waals surface area contributed by atoms with Crippen molar-refractivity contribution >= 4 is 18.0 Å². The molecule has 7 nitrogen and oxygen atoms in total. The molecule has 0 heterocycles. The number of amides is 1. The molecule has 0 aliphatic heterocycles. The molecule has 0 aliphatic rings. The Kier molecular flexibility index (Phi) is 7.76. The summed E-state index contributed by atoms with van der Waals surface area (Å²) in [5, 5.41) is 2.70. The van der Waals surface area contributed by atoms with Gasteiger partial charge in [0.25, 0.3) is 0 Å². The number of nitrogens with one attached hydrogen (secondary N) is 1. The van der Waals surface area contributed by atoms with Crippen LogP contribution in [-0.4, -0.2) is 47.6 Å². The van der Waals surface area contributed by atoms with Crippen molar-refractivity contribution < 1.29 is 23.9 Å². The predicted molar refractivity (Wildman–Crippen MR) is 97.3 cm³/mol. The van der Waals surface area contributed by atoms with Crippen molar-refractivity contribution in [2.75, 3.05) is 7.05 Å². The summed E-state index contributed by atoms with van der Waals surface area (Å²) < 4.78 is 10.2. The van der Waals surface area contributed by atoms with E-state index in [1.165, 1.54) is 11.8 Å². The van der Waals surface area contributed by atoms with Gasteiger partial charge in [0.2, 0.25) is 0 Å². The maximum atomic E-state index is 12.6. The summed E-state index contributed by atoms with van der Waals surface area (Å²) in [5.74, 6) is -1.50. The third-order valence-corrected chi connectivity index (χ3v) is 3.84. The predicted octanol–water partition coefficient (Wildman–Crippen LogP) is 2.49. The molecule has 0 aromatic heterocycles. The number of esters is 2. The van der Waals surface area contributed by atoms with E-state index >= 15 is 0 Å². The van der Waals surface area contributed by atoms with Gasteiger partial charge in [-0.3, -0.25) is 4.90 Å². The number of carbonyl (C=O) groups excluding carboxylic acids is 3. The van der Waals surface area contributed by atoms with Crippen molar-refractivity contribution in [2.45, 2.75) is 58.8 Å². The lowest BCUT2D eigenvalue weighted by atomic mass is 10.0. The highest BCUT2D eigenvalue weighted by molar-refractivity contribution is 5.92. The molecule has 0 unspecified atom stereocenters. The molecule has 0 radical (unpaired) electrons. The maximum Gasteiger partial charge on any atom is 0.411 e. The van der Waals surface area contributed by atoms with E-state index in [1.807, 2.05) is 30.3 Å². The molecule has 1 aromatic carbocycles. The molecule has 1 amide bonds. The summed E-state index contributed by atoms with van der Waals surface area (Å²) in [6.45, 7) is 8.50. The summed E-state index contributed by atoms with van der Waals surface area (Å²) in [5.41, 5.74) is 0.132. The standard InChI is InChI=1S/C19H28N2O5/c1-13(20-6)16(22)26-17(23)14(2)21(19(3,4)5)18(24)25-12-15-10-8-7-9-11-15/h7-11,13-14,20H,12H2,1-6H3/t13-,14-/m0/s1. The minimum Gasteiger partial charge on any atom is -0.445 e. The minimum absolute atomic E-state index is 0.0870. The summed E-state index contributed by atoms with van der Waals surface area (Å²) in [6, 6.07) is 7.63. The van der Waals surface area contributed by atoms with Crippen LogP contribution < -0.4 is 5.32 Å². The van der Waals surface area contributed by atoms with E-state index in [-0.39, 0.29) is 6.61 Å². The molecule has 1 rings (SSSR count). The summed E-state index contributed by atoms with van der Waals surface area (Å²) in [4.78, 5) is 38.0. The fourth-order valence-corrected chi connectivity index (χ4v) is 2.30. The van der Waals surface area contributed by atoms with Gasteiger partial charge in [-0.2, -0.15) is 0 Å². The van der Waals surface area contributed by atoms with Crippen LogP contribution in [-0.2, 0) is 25.7 Å². The zero-order chi connectivity index (χ0) is 19.9. The van der Waals surface area contributed by atoms with Gasteiger partial charge in [-0.15, -0.1) is 0 Å². The minimum atomic E-state index is -0.980. The van der Waals surface area contributed by atoms with Crippen molar-refractivity contribution in [2.24, 2.45) is 0 Å². The molecular formula is C19H28N2O5. The summed E-state index contributed by atoms with van der Waals surface area (Å²) in [7, 11) is 1.59. The largest absolute Gasteiger partial charge is 0.445 e. The highest BCUT2D eigenvalue weighted by atomic mass is 16.6. The van der Waals surface area contributed by atoms with Gasteiger partial charge >= 0.3 is 18.0 Å². The van der Waals surface area contributed by atoms with Crippen molar-refractivity contribution in [1.82, 2.24) is 10.2 Å². The Balaban J connectivity index is 2.83. The van der Waals surface area contributed by atoms with Crippen LogP contribution in [0.2, 0.25) is 0 Å². The SMILES string of the molecule is CN[C@@H](C)C(=O)OC(=O)[C@H](C)N(C(=O)OCc1ccccc1)C(C)(C)C. The van der Waals surface area contributed by atoms with E-state index in [4.69, 9.17) is 9.47 Å². The van der Waals surface area contributed by atoms with Gasteiger partial charge in [0.05, 0.1) is 0 Å². The number of carbonyl (C=O) groups is 3. The van der Waals surface area contributed by atoms with Gasteiger partial charge in [0.1, 0.15) is 18.7 Å². The molecule has 1 aromatic rings. The molecule has 26 heavy (non-hydrogen) atoms. The average Bonchev–Trinajstić information content (AvgIpc) is 2.58. The molecule has 0 saturated heterocycles. The van der Waals surface area contributed by atoms with Crippen LogP contribution in [0.3, 0.4) is 0 Å². The maximum absolute atomic E-state index is 12.6. The number of likely N-dealkylation sites (N-methyl/N-ethyl adjacent to an activating group) is 1. The molecule has 0 fully saturated rings. The van der Waals surface area contributed by atoms with Crippen LogP contribution in [0.4, 0.5) is 4.79 Å². The molecule has 0 spiro atoms. The van der Waals surface area contributed by atoms with E-state index in [2.05, 4.69) is 5.32 Å². The average molecular weight is 364 g/mol. The number of rotatable bonds is 6. The van der Waals surface area contributed by atoms with Crippen LogP contribution in [0.25, 0.3) is 0 Å². The lowest BCUT2D eigenvalue weighted by molar-refractivity contribution is -0.165. The van der Waals surface area contributed by atoms with Gasteiger partial charge in [-0.25, -0.2) is 14.4 Å². The topological polar surface area (TPSA) is 84.9 Å². The normalized spacial score (nSPS) is 13.5. The first-order valence-electron chi connectivity index (χ1n) is 8.50. The molecule has 1 N–H and O–H groups in total. The fourth-order valence-electron chi connectivity index (χ4n) is 2.30. The molecule has 0 saturated carbocycles. The molecule has 7 heteroatoms. The van der Waals surface area contributed by atoms with Gasteiger partial charge in [-0.1, -0.05) is 30.3 Å². The zero-order valence-corrected chi connectivity index (χ0v) is 16.2. The van der Waals surface area contributed by atoms with E-state index in [9.17, 15) is 14.4 Å². The second-order valence-electron chi connectivity index (χ2n) is 7.01. The molecular weight excluding hydrogens is 336 g/mol. The van der Waals surface area contributed by atoms with Crippen molar-refractivity contribution in [1.29, 1.82) is 0 Å². The first kappa shape index (κ1) is 21.6. The van der Waals surface area contributed by atoms with Crippen molar-refractivity contribution in [3.05, 3.63) is 35.9 Å². The van der Waals surface area contributed by atoms with E-state index in [0.717, 1.165) is 5.56 Å². The van der Waals surface area contributed by atoms with Crippen molar-refractivity contribution in [3.63, 3.8) is 0 Å². The van der Waals surface area contributed by atoms with Gasteiger partial charge < -0.3 is 14.8 Å². The number of hydrogen-bond acceptors (Lipinski definition) is 6. The number of benzene rings is 1. The number of hydrogen-bond donors (Lipinski definition) is 1. The van der Waals surface area contributed by atoms with Crippen LogP contribution >= 0.6 is 0 Å². The molecule has 144 valence electrons. The smallest absolute Gasteiger partial charge is 0.411 e. The third kappa shape index (κ3) is 6.15. The summed E-state index contributed by atoms with van der Waals surface area (Å²) >= 11 is 0. The Morgan fingerprint density at radius 2 is 1.65 bits per heavy atom. The molecule has 2 atom stereocenters. The van der Waals surface area contributed by atoms with Crippen LogP contribution in [0.5, 0.6) is 0 Å². The van der Waals surface area contributed by atoms with Gasteiger partial charge in [0, 0.05) is 5.54 Å². The Morgan fingerprint density at radius 3 is 2.15 bits per heavy atom. The highest BCUT2D eigenvalue weighted by Gasteiger charge is 2.37. The van der Waals surface area contributed by atoms with Crippen molar-refractivity contribution in [3.8, 4) is 0 Å². The lowest BCUT2D eigenvalue weighted by Gasteiger charge is -2.37. The number of ether oxygens (including phenoxy) is 2. The lowest BCUT2D eigenvalue weighted by Crippen LogP contribution is -2.54. The first-order chi connectivity index (χ1) is 12.1. The zero-order valence-electron chi connectivity index (χ0n) is 16.2. The Labute approximate surface area is 154 Å².